The molecule has 1 heterocycles. The van der Waals surface area contributed by atoms with E-state index in [1.165, 1.54) is 0 Å². The average Bonchev–Trinajstić information content (AvgIpc) is 2.46. The number of amides is 1. The third-order valence-corrected chi connectivity index (χ3v) is 3.43. The number of nitrogens with zero attached hydrogens (tertiary/aromatic N) is 1. The lowest BCUT2D eigenvalue weighted by molar-refractivity contribution is -0.132. The van der Waals surface area contributed by atoms with E-state index in [4.69, 9.17) is 4.74 Å². The molecule has 1 N–H and O–H groups in total. The Balaban J connectivity index is 1.75. The van der Waals surface area contributed by atoms with Crippen LogP contribution in [0.25, 0.3) is 0 Å². The molecule has 0 spiro atoms. The monoisotopic (exact) mass is 262 g/mol. The summed E-state index contributed by atoms with van der Waals surface area (Å²) in [5.41, 5.74) is 0. The van der Waals surface area contributed by atoms with Crippen molar-refractivity contribution in [2.24, 2.45) is 0 Å². The van der Waals surface area contributed by atoms with E-state index < -0.39 is 0 Å². The Kier molecular flexibility index (Phi) is 5.21. The Hall–Kier alpha value is -1.55. The zero-order valence-corrected chi connectivity index (χ0v) is 11.5. The van der Waals surface area contributed by atoms with Gasteiger partial charge in [-0.25, -0.2) is 0 Å². The standard InChI is InChI=1S/C15H22N2O2/c1-16-10-7-15(18)17-11-8-14(9-12-17)19-13-5-3-2-4-6-13/h2-6,14,16H,7-12H2,1H3. The first kappa shape index (κ1) is 13.9. The van der Waals surface area contributed by atoms with Crippen LogP contribution in [0.3, 0.4) is 0 Å². The highest BCUT2D eigenvalue weighted by atomic mass is 16.5. The van der Waals surface area contributed by atoms with Gasteiger partial charge in [0, 0.05) is 38.9 Å². The number of benzene rings is 1. The zero-order valence-electron chi connectivity index (χ0n) is 11.5. The molecule has 0 aromatic heterocycles. The minimum atomic E-state index is 0.232. The summed E-state index contributed by atoms with van der Waals surface area (Å²) in [7, 11) is 1.87. The molecule has 19 heavy (non-hydrogen) atoms. The maximum Gasteiger partial charge on any atom is 0.223 e. The van der Waals surface area contributed by atoms with E-state index in [0.717, 1.165) is 38.2 Å². The number of carbonyl (C=O) groups excluding carboxylic acids is 1. The van der Waals surface area contributed by atoms with Crippen molar-refractivity contribution in [2.45, 2.75) is 25.4 Å². The summed E-state index contributed by atoms with van der Waals surface area (Å²) in [4.78, 5) is 13.8. The van der Waals surface area contributed by atoms with Crippen molar-refractivity contribution in [3.63, 3.8) is 0 Å². The topological polar surface area (TPSA) is 41.6 Å². The van der Waals surface area contributed by atoms with Crippen LogP contribution in [-0.4, -0.2) is 43.6 Å². The number of likely N-dealkylation sites (tertiary alicyclic amines) is 1. The highest BCUT2D eigenvalue weighted by Gasteiger charge is 2.23. The fourth-order valence-corrected chi connectivity index (χ4v) is 2.30. The van der Waals surface area contributed by atoms with Crippen LogP contribution in [0.2, 0.25) is 0 Å². The molecule has 1 aromatic carbocycles. The first-order valence-corrected chi connectivity index (χ1v) is 6.93. The molecule has 0 saturated carbocycles. The van der Waals surface area contributed by atoms with Crippen LogP contribution >= 0.6 is 0 Å². The van der Waals surface area contributed by atoms with Crippen molar-refractivity contribution < 1.29 is 9.53 Å². The maximum absolute atomic E-state index is 11.9. The molecule has 0 radical (unpaired) electrons. The summed E-state index contributed by atoms with van der Waals surface area (Å²) in [5, 5.41) is 3.01. The van der Waals surface area contributed by atoms with E-state index in [0.29, 0.717) is 6.42 Å². The van der Waals surface area contributed by atoms with Gasteiger partial charge < -0.3 is 15.0 Å². The molecule has 1 fully saturated rings. The molecule has 0 bridgehead atoms. The van der Waals surface area contributed by atoms with E-state index in [1.54, 1.807) is 0 Å². The fraction of sp³-hybridized carbons (Fsp3) is 0.533. The molecule has 2 rings (SSSR count). The van der Waals surface area contributed by atoms with Crippen LogP contribution in [0.4, 0.5) is 0 Å². The van der Waals surface area contributed by atoms with E-state index >= 15 is 0 Å². The first-order chi connectivity index (χ1) is 9.29. The van der Waals surface area contributed by atoms with E-state index in [9.17, 15) is 4.79 Å². The smallest absolute Gasteiger partial charge is 0.223 e. The average molecular weight is 262 g/mol. The molecule has 0 aliphatic carbocycles. The number of ether oxygens (including phenoxy) is 1. The first-order valence-electron chi connectivity index (χ1n) is 6.93. The van der Waals surface area contributed by atoms with E-state index in [1.807, 2.05) is 42.3 Å². The Morgan fingerprint density at radius 1 is 1.32 bits per heavy atom. The minimum Gasteiger partial charge on any atom is -0.490 e. The van der Waals surface area contributed by atoms with Crippen LogP contribution in [0.5, 0.6) is 5.75 Å². The second-order valence-electron chi connectivity index (χ2n) is 4.86. The molecule has 1 saturated heterocycles. The van der Waals surface area contributed by atoms with Crippen LogP contribution in [0, 0.1) is 0 Å². The molecule has 1 aliphatic rings. The van der Waals surface area contributed by atoms with Gasteiger partial charge in [-0.1, -0.05) is 18.2 Å². The predicted octanol–water partition coefficient (Wildman–Crippen LogP) is 1.67. The van der Waals surface area contributed by atoms with Gasteiger partial charge in [-0.2, -0.15) is 0 Å². The van der Waals surface area contributed by atoms with Crippen LogP contribution < -0.4 is 10.1 Å². The molecule has 1 aromatic rings. The maximum atomic E-state index is 11.9. The SMILES string of the molecule is CNCCC(=O)N1CCC(Oc2ccccc2)CC1. The van der Waals surface area contributed by atoms with Crippen molar-refractivity contribution in [1.29, 1.82) is 0 Å². The molecule has 1 aliphatic heterocycles. The van der Waals surface area contributed by atoms with Gasteiger partial charge in [0.1, 0.15) is 11.9 Å². The molecule has 4 nitrogen and oxygen atoms in total. The highest BCUT2D eigenvalue weighted by molar-refractivity contribution is 5.76. The second kappa shape index (κ2) is 7.14. The number of carbonyl (C=O) groups is 1. The number of nitrogens with one attached hydrogen (secondary N) is 1. The van der Waals surface area contributed by atoms with Crippen molar-refractivity contribution >= 4 is 5.91 Å². The lowest BCUT2D eigenvalue weighted by Gasteiger charge is -2.32. The highest BCUT2D eigenvalue weighted by Crippen LogP contribution is 2.18. The summed E-state index contributed by atoms with van der Waals surface area (Å²) in [6.45, 7) is 2.36. The van der Waals surface area contributed by atoms with Crippen LogP contribution in [0.15, 0.2) is 30.3 Å². The number of piperidine rings is 1. The lowest BCUT2D eigenvalue weighted by atomic mass is 10.1. The third-order valence-electron chi connectivity index (χ3n) is 3.43. The predicted molar refractivity (Wildman–Crippen MR) is 75.2 cm³/mol. The quantitative estimate of drug-likeness (QED) is 0.877. The Morgan fingerprint density at radius 3 is 2.63 bits per heavy atom. The Morgan fingerprint density at radius 2 is 2.00 bits per heavy atom. The molecule has 0 atom stereocenters. The van der Waals surface area contributed by atoms with Crippen molar-refractivity contribution in [3.05, 3.63) is 30.3 Å². The van der Waals surface area contributed by atoms with Gasteiger partial charge in [0.25, 0.3) is 0 Å². The van der Waals surface area contributed by atoms with Gasteiger partial charge in [-0.3, -0.25) is 4.79 Å². The fourth-order valence-electron chi connectivity index (χ4n) is 2.30. The second-order valence-corrected chi connectivity index (χ2v) is 4.86. The van der Waals surface area contributed by atoms with Gasteiger partial charge in [-0.15, -0.1) is 0 Å². The molecule has 104 valence electrons. The Bertz CT molecular complexity index is 386. The summed E-state index contributed by atoms with van der Waals surface area (Å²) < 4.78 is 5.91. The third kappa shape index (κ3) is 4.24. The molecule has 4 heteroatoms. The van der Waals surface area contributed by atoms with Crippen LogP contribution in [-0.2, 0) is 4.79 Å². The van der Waals surface area contributed by atoms with Crippen molar-refractivity contribution in [2.75, 3.05) is 26.7 Å². The minimum absolute atomic E-state index is 0.232. The molecular weight excluding hydrogens is 240 g/mol. The Labute approximate surface area is 114 Å². The normalized spacial score (nSPS) is 16.4. The van der Waals surface area contributed by atoms with Crippen molar-refractivity contribution in [3.8, 4) is 5.75 Å². The summed E-state index contributed by atoms with van der Waals surface area (Å²) in [6.07, 6.45) is 2.65. The van der Waals surface area contributed by atoms with Gasteiger partial charge in [0.2, 0.25) is 5.91 Å². The lowest BCUT2D eigenvalue weighted by Crippen LogP contribution is -2.42. The number of para-hydroxylation sites is 1. The van der Waals surface area contributed by atoms with Gasteiger partial charge in [-0.05, 0) is 19.2 Å². The molecule has 0 unspecified atom stereocenters. The summed E-state index contributed by atoms with van der Waals surface area (Å²) in [6, 6.07) is 9.89. The number of hydrogen-bond donors (Lipinski definition) is 1. The van der Waals surface area contributed by atoms with Gasteiger partial charge in [0.05, 0.1) is 0 Å². The largest absolute Gasteiger partial charge is 0.490 e. The molecular formula is C15H22N2O2. The van der Waals surface area contributed by atoms with E-state index in [2.05, 4.69) is 5.32 Å². The summed E-state index contributed by atoms with van der Waals surface area (Å²) in [5.74, 6) is 1.16. The van der Waals surface area contributed by atoms with E-state index in [-0.39, 0.29) is 12.0 Å². The number of hydrogen-bond acceptors (Lipinski definition) is 3. The van der Waals surface area contributed by atoms with Gasteiger partial charge in [0.15, 0.2) is 0 Å². The van der Waals surface area contributed by atoms with Crippen LogP contribution in [0.1, 0.15) is 19.3 Å². The van der Waals surface area contributed by atoms with Crippen molar-refractivity contribution in [1.82, 2.24) is 10.2 Å². The zero-order chi connectivity index (χ0) is 13.5. The van der Waals surface area contributed by atoms with Gasteiger partial charge >= 0.3 is 0 Å². The summed E-state index contributed by atoms with van der Waals surface area (Å²) >= 11 is 0. The molecule has 1 amide bonds. The number of rotatable bonds is 5.